The molecule has 1 unspecified atom stereocenters. The van der Waals surface area contributed by atoms with Gasteiger partial charge in [-0.2, -0.15) is 0 Å². The molecule has 0 saturated heterocycles. The van der Waals surface area contributed by atoms with Crippen LogP contribution in [0.1, 0.15) is 64.0 Å². The predicted octanol–water partition coefficient (Wildman–Crippen LogP) is -3.54. The number of hydrogen-bond acceptors (Lipinski definition) is 6. The Kier molecular flexibility index (Phi) is 19.0. The van der Waals surface area contributed by atoms with Crippen LogP contribution >= 0.6 is 7.82 Å². The number of unbranched alkanes of at least 4 members (excludes halogenated alkanes) is 4. The maximum Gasteiger partial charge on any atom is 1.00 e. The van der Waals surface area contributed by atoms with Gasteiger partial charge in [0.2, 0.25) is 5.91 Å². The molecule has 0 radical (unpaired) electrons. The van der Waals surface area contributed by atoms with Crippen molar-refractivity contribution in [2.45, 2.75) is 58.4 Å². The smallest absolute Gasteiger partial charge is 0.790 e. The molecule has 7 nitrogen and oxygen atoms in total. The van der Waals surface area contributed by atoms with Crippen LogP contribution in [-0.2, 0) is 13.9 Å². The third kappa shape index (κ3) is 14.6. The van der Waals surface area contributed by atoms with Gasteiger partial charge in [-0.1, -0.05) is 44.7 Å². The van der Waals surface area contributed by atoms with E-state index in [0.717, 1.165) is 32.1 Å². The van der Waals surface area contributed by atoms with Crippen LogP contribution in [0.25, 0.3) is 0 Å². The van der Waals surface area contributed by atoms with Gasteiger partial charge in [0, 0.05) is 6.42 Å². The van der Waals surface area contributed by atoms with Gasteiger partial charge in [0.25, 0.3) is 0 Å². The Morgan fingerprint density at radius 1 is 1.14 bits per heavy atom. The Bertz CT molecular complexity index is 599. The van der Waals surface area contributed by atoms with Crippen molar-refractivity contribution in [3.05, 3.63) is 29.8 Å². The average Bonchev–Trinajstić information content (AvgIpc) is 2.58. The summed E-state index contributed by atoms with van der Waals surface area (Å²) in [7, 11) is -5.12. The van der Waals surface area contributed by atoms with Gasteiger partial charge >= 0.3 is 59.1 Å². The Morgan fingerprint density at radius 3 is 2.43 bits per heavy atom. The summed E-state index contributed by atoms with van der Waals surface area (Å²) in [6.45, 7) is 4.00. The maximum atomic E-state index is 12.2. The molecule has 28 heavy (non-hydrogen) atoms. The molecule has 1 N–H and O–H groups in total. The van der Waals surface area contributed by atoms with Gasteiger partial charge in [0.15, 0.2) is 0 Å². The molecule has 1 aromatic rings. The minimum absolute atomic E-state index is 0. The summed E-state index contributed by atoms with van der Waals surface area (Å²) in [6, 6.07) is 6.16. The number of hydrogen-bond donors (Lipinski definition) is 1. The monoisotopic (exact) mass is 431 g/mol. The number of carbonyl (C=O) groups is 1. The molecule has 1 amide bonds. The van der Waals surface area contributed by atoms with Gasteiger partial charge in [-0.05, 0) is 31.0 Å². The van der Waals surface area contributed by atoms with E-state index < -0.39 is 20.5 Å². The summed E-state index contributed by atoms with van der Waals surface area (Å²) in [4.78, 5) is 33.8. The van der Waals surface area contributed by atoms with Crippen molar-refractivity contribution in [2.24, 2.45) is 0 Å². The zero-order chi connectivity index (χ0) is 19.4. The van der Waals surface area contributed by atoms with E-state index in [-0.39, 0.29) is 65.0 Å². The van der Waals surface area contributed by atoms with Crippen molar-refractivity contribution in [1.29, 1.82) is 0 Å². The summed E-state index contributed by atoms with van der Waals surface area (Å²) in [5, 5.41) is 2.75. The maximum absolute atomic E-state index is 12.2. The molecule has 0 aromatic heterocycles. The average molecular weight is 431 g/mol. The number of ether oxygens (including phenoxy) is 1. The van der Waals surface area contributed by atoms with E-state index in [1.54, 1.807) is 24.3 Å². The van der Waals surface area contributed by atoms with Crippen LogP contribution in [0.5, 0.6) is 5.75 Å². The molecule has 1 rings (SSSR count). The number of nitrogens with one attached hydrogen (secondary N) is 1. The van der Waals surface area contributed by atoms with Crippen LogP contribution in [-0.4, -0.2) is 19.1 Å². The fraction of sp³-hybridized carbons (Fsp3) is 0.611. The second-order valence-corrected chi connectivity index (χ2v) is 7.19. The van der Waals surface area contributed by atoms with Crippen LogP contribution in [0.3, 0.4) is 0 Å². The van der Waals surface area contributed by atoms with Crippen LogP contribution in [0, 0.1) is 0 Å². The molecule has 0 heterocycles. The largest absolute Gasteiger partial charge is 1.00 e. The SMILES string of the molecule is CCCCCCCC(=O)NC(COP(=O)([O-])[O-])c1cccc(OCC)c1.[Na+].[Na+]. The van der Waals surface area contributed by atoms with Gasteiger partial charge < -0.3 is 28.9 Å². The van der Waals surface area contributed by atoms with E-state index in [0.29, 0.717) is 24.3 Å². The quantitative estimate of drug-likeness (QED) is 0.197. The molecule has 148 valence electrons. The van der Waals surface area contributed by atoms with Crippen molar-refractivity contribution >= 4 is 13.7 Å². The minimum Gasteiger partial charge on any atom is -0.790 e. The zero-order valence-corrected chi connectivity index (χ0v) is 22.3. The van der Waals surface area contributed by atoms with E-state index in [1.807, 2.05) is 6.92 Å². The van der Waals surface area contributed by atoms with Crippen molar-refractivity contribution in [3.8, 4) is 5.75 Å². The number of phosphoric ester groups is 1. The second kappa shape index (κ2) is 17.3. The standard InChI is InChI=1S/C18H30NO6P.2Na/c1-3-5-6-7-8-12-18(20)19-17(14-25-26(21,22)23)15-10-9-11-16(13-15)24-4-2;;/h9-11,13,17H,3-8,12,14H2,1-2H3,(H,19,20)(H2,21,22,23);;/q;2*+1/p-2. The Labute approximate surface area is 212 Å². The predicted molar refractivity (Wildman–Crippen MR) is 95.4 cm³/mol. The summed E-state index contributed by atoms with van der Waals surface area (Å²) in [5.41, 5.74) is 0.615. The number of rotatable bonds is 13. The summed E-state index contributed by atoms with van der Waals surface area (Å²) >= 11 is 0. The summed E-state index contributed by atoms with van der Waals surface area (Å²) in [5.74, 6) is 0.389. The molecule has 0 aliphatic heterocycles. The Balaban J connectivity index is 0. The fourth-order valence-corrected chi connectivity index (χ4v) is 2.86. The van der Waals surface area contributed by atoms with E-state index in [1.165, 1.54) is 0 Å². The van der Waals surface area contributed by atoms with Crippen molar-refractivity contribution in [2.75, 3.05) is 13.2 Å². The first kappa shape index (κ1) is 30.8. The number of carbonyl (C=O) groups excluding carboxylic acids is 1. The topological polar surface area (TPSA) is 111 Å². The molecule has 0 bridgehead atoms. The molecule has 10 heteroatoms. The van der Waals surface area contributed by atoms with Crippen molar-refractivity contribution in [3.63, 3.8) is 0 Å². The number of phosphoric acid groups is 1. The molecule has 0 spiro atoms. The molecule has 0 fully saturated rings. The van der Waals surface area contributed by atoms with Crippen LogP contribution in [0.15, 0.2) is 24.3 Å². The zero-order valence-electron chi connectivity index (χ0n) is 17.4. The molecule has 0 saturated carbocycles. The normalized spacial score (nSPS) is 11.7. The van der Waals surface area contributed by atoms with Gasteiger partial charge in [0.1, 0.15) is 5.75 Å². The third-order valence-electron chi connectivity index (χ3n) is 3.81. The molecule has 0 aliphatic rings. The van der Waals surface area contributed by atoms with Crippen molar-refractivity contribution in [1.82, 2.24) is 5.32 Å². The van der Waals surface area contributed by atoms with Gasteiger partial charge in [-0.25, -0.2) is 0 Å². The summed E-state index contributed by atoms with van der Waals surface area (Å²) in [6.07, 6.45) is 5.44. The fourth-order valence-electron chi connectivity index (χ4n) is 2.53. The Hall–Kier alpha value is 0.600. The molecule has 1 atom stereocenters. The van der Waals surface area contributed by atoms with E-state index >= 15 is 0 Å². The van der Waals surface area contributed by atoms with Crippen LogP contribution in [0.2, 0.25) is 0 Å². The molecule has 0 aliphatic carbocycles. The van der Waals surface area contributed by atoms with Gasteiger partial charge in [-0.15, -0.1) is 0 Å². The number of benzene rings is 1. The molecule has 1 aromatic carbocycles. The van der Waals surface area contributed by atoms with Gasteiger partial charge in [0.05, 0.1) is 27.1 Å². The van der Waals surface area contributed by atoms with E-state index in [2.05, 4.69) is 16.8 Å². The van der Waals surface area contributed by atoms with E-state index in [9.17, 15) is 19.1 Å². The summed E-state index contributed by atoms with van der Waals surface area (Å²) < 4.78 is 20.6. The minimum atomic E-state index is -5.12. The molecular formula is C18H28NNa2O6P. The second-order valence-electron chi connectivity index (χ2n) is 6.03. The third-order valence-corrected chi connectivity index (χ3v) is 4.28. The van der Waals surface area contributed by atoms with Gasteiger partial charge in [-0.3, -0.25) is 4.79 Å². The van der Waals surface area contributed by atoms with Crippen LogP contribution < -0.4 is 79.0 Å². The Morgan fingerprint density at radius 2 is 1.82 bits per heavy atom. The first-order chi connectivity index (χ1) is 12.4. The first-order valence-electron chi connectivity index (χ1n) is 9.04. The van der Waals surface area contributed by atoms with Crippen LogP contribution in [0.4, 0.5) is 0 Å². The van der Waals surface area contributed by atoms with E-state index in [4.69, 9.17) is 4.74 Å². The van der Waals surface area contributed by atoms with Crippen molar-refractivity contribution < 1.29 is 87.5 Å². The molecular weight excluding hydrogens is 403 g/mol. The first-order valence-corrected chi connectivity index (χ1v) is 10.5. The number of amides is 1.